The lowest BCUT2D eigenvalue weighted by Crippen LogP contribution is -2.52. The van der Waals surface area contributed by atoms with E-state index < -0.39 is 40.1 Å². The van der Waals surface area contributed by atoms with E-state index in [9.17, 15) is 52.8 Å². The molecule has 726 valence electrons. The minimum absolute atomic E-state index is 0. The standard InChI is InChI=1S/C26H28N6O3S.C23H23ClN6O3S2.C23H24ClN5O3S2.C21H20Cl2N4O3S2.6H2/c1-19-17-32(24-6-4-3-5-23(19)24)20(2)26(33)31-15-13-30(14-16-31)21-7-9-22(10-8-21)36(34,35)29-25-11-12-27-18-28-25;1-16(30-9-8-17-14-18(24)2-7-21(17)30)22(31)29-12-10-28(11-13-29)19-3-5-20(6-4-19)35(32,33)27-23-26-25-15-34-23;24-17-1-3-18(4-2-17)27-12-14-28(15-13-27)21-9-11-29(22(21)30)19-5-7-20(8-6-19)34(31,32)26-23-25-10-16-33-23;22-17-2-1-3-18(23)16(17)8-10-24-19-9-12-27(20(19)28)14-4-6-15(7-5-14)32(29,30)26-21-25-11-13-31-21;;;;;;/h3-12,17-18,20H,13-16H2,1-2H3,(H,27,28,29);2-9,14-16H,10-13H2,1H3,(H,26,27);1-8,10,16,21H,9,11-15H2,(H,25,26);1-7,11,13,19,24H,8-10,12H2,(H,25,26);6*1H/t;;21-;19-;;;;;;/m..00....../s1. The molecule has 0 radical (unpaired) electrons. The zero-order chi connectivity index (χ0) is 96.3. The van der Waals surface area contributed by atoms with Crippen LogP contribution in [0.5, 0.6) is 0 Å². The smallest absolute Gasteiger partial charge is 0.263 e. The fraction of sp³-hybridized carbons (Fsp3) is 0.269. The molecule has 5 saturated heterocycles. The summed E-state index contributed by atoms with van der Waals surface area (Å²) >= 11 is 28.0. The van der Waals surface area contributed by atoms with Crippen molar-refractivity contribution in [3.63, 3.8) is 0 Å². The third kappa shape index (κ3) is 23.6. The first kappa shape index (κ1) is 98.2. The summed E-state index contributed by atoms with van der Waals surface area (Å²) in [6.07, 6.45) is 11.8. The molecule has 0 bridgehead atoms. The zero-order valence-electron chi connectivity index (χ0n) is 74.1. The van der Waals surface area contributed by atoms with Crippen LogP contribution in [0, 0.1) is 6.92 Å². The molecule has 44 heteroatoms. The van der Waals surface area contributed by atoms with Crippen LogP contribution >= 0.6 is 80.4 Å². The molecule has 11 heterocycles. The second-order valence-corrected chi connectivity index (χ2v) is 43.6. The van der Waals surface area contributed by atoms with Crippen molar-refractivity contribution in [2.75, 3.05) is 142 Å². The Kier molecular flexibility index (Phi) is 31.1. The maximum absolute atomic E-state index is 13.3. The van der Waals surface area contributed by atoms with Gasteiger partial charge in [-0.3, -0.25) is 43.0 Å². The number of hydrogen-bond acceptors (Lipinski definition) is 26. The molecule has 137 heavy (non-hydrogen) atoms. The van der Waals surface area contributed by atoms with Crippen molar-refractivity contribution in [3.8, 4) is 0 Å². The van der Waals surface area contributed by atoms with Crippen molar-refractivity contribution in [3.05, 3.63) is 279 Å². The Morgan fingerprint density at radius 1 is 0.467 bits per heavy atom. The van der Waals surface area contributed by atoms with Crippen LogP contribution in [0.3, 0.4) is 0 Å². The van der Waals surface area contributed by atoms with Gasteiger partial charge in [-0.25, -0.2) is 53.6 Å². The van der Waals surface area contributed by atoms with Crippen LogP contribution in [0.15, 0.2) is 267 Å². The number of aryl methyl sites for hydroxylation is 1. The number of rotatable bonds is 26. The first-order valence-corrected chi connectivity index (χ1v) is 53.8. The quantitative estimate of drug-likeness (QED) is 0.0336. The third-order valence-corrected chi connectivity index (χ3v) is 33.2. The lowest BCUT2D eigenvalue weighted by atomic mass is 10.1. The van der Waals surface area contributed by atoms with Crippen LogP contribution in [0.2, 0.25) is 20.1 Å². The maximum Gasteiger partial charge on any atom is 0.263 e. The molecule has 4 amide bonds. The molecule has 6 aromatic heterocycles. The van der Waals surface area contributed by atoms with Gasteiger partial charge in [0, 0.05) is 219 Å². The van der Waals surface area contributed by atoms with Crippen LogP contribution in [0.25, 0.3) is 21.8 Å². The van der Waals surface area contributed by atoms with Gasteiger partial charge >= 0.3 is 0 Å². The SMILES string of the molecule is CC(C(=O)N1CCN(c2ccc(S(=O)(=O)Nc3nncs3)cc2)CC1)n1ccc2cc(Cl)ccc21.Cc1cn(C(C)C(=O)N2CCN(c3ccc(S(=O)(=O)Nc4ccncn4)cc3)CC2)c2ccccc12.O=C1[C@@H](N2CCN(c3ccc(Cl)cc3)CC2)CCN1c1ccc(S(=O)(=O)Nc2nccs2)cc1.O=C1[C@@H](NCCc2c(Cl)cccc2Cl)CCN1c1ccc(S(=O)(=O)Nc2nccs2)cc1.[HH].[HH].[HH].[HH].[HH].[HH]. The minimum atomic E-state index is -3.74. The Labute approximate surface area is 834 Å². The van der Waals surface area contributed by atoms with Crippen molar-refractivity contribution >= 4 is 216 Å². The van der Waals surface area contributed by atoms with Gasteiger partial charge in [0.15, 0.2) is 10.3 Å². The Balaban J connectivity index is 0.000000193. The number of piperazine rings is 3. The summed E-state index contributed by atoms with van der Waals surface area (Å²) in [5, 5.41) is 19.6. The molecule has 19 rings (SSSR count). The van der Waals surface area contributed by atoms with Crippen molar-refractivity contribution in [2.24, 2.45) is 0 Å². The van der Waals surface area contributed by atoms with Gasteiger partial charge in [-0.2, -0.15) is 0 Å². The van der Waals surface area contributed by atoms with E-state index in [0.717, 1.165) is 93.6 Å². The first-order chi connectivity index (χ1) is 65.9. The summed E-state index contributed by atoms with van der Waals surface area (Å²) in [6.45, 7) is 16.1. The van der Waals surface area contributed by atoms with Crippen molar-refractivity contribution < 1.29 is 61.4 Å². The molecule has 5 fully saturated rings. The molecular formula is C93H107Cl4N21O12S7. The summed E-state index contributed by atoms with van der Waals surface area (Å²) in [5.74, 6) is 0.407. The molecule has 14 aromatic rings. The zero-order valence-corrected chi connectivity index (χ0v) is 82.9. The number of aromatic nitrogens is 8. The largest absolute Gasteiger partial charge is 0.369 e. The number of anilines is 9. The van der Waals surface area contributed by atoms with Crippen molar-refractivity contribution in [2.45, 2.75) is 83.8 Å². The molecule has 0 spiro atoms. The number of carbonyl (C=O) groups excluding carboxylic acids is 4. The summed E-state index contributed by atoms with van der Waals surface area (Å²) < 4.78 is 114. The molecule has 4 atom stereocenters. The van der Waals surface area contributed by atoms with Crippen LogP contribution in [0.4, 0.5) is 49.6 Å². The van der Waals surface area contributed by atoms with E-state index in [2.05, 4.69) is 104 Å². The van der Waals surface area contributed by atoms with Crippen LogP contribution in [-0.2, 0) is 65.7 Å². The highest BCUT2D eigenvalue weighted by molar-refractivity contribution is 7.93. The second-order valence-electron chi connectivity index (χ2n) is 32.6. The van der Waals surface area contributed by atoms with E-state index in [1.165, 1.54) is 82.6 Å². The maximum atomic E-state index is 13.3. The highest BCUT2D eigenvalue weighted by Crippen LogP contribution is 2.35. The van der Waals surface area contributed by atoms with E-state index in [1.807, 2.05) is 95.1 Å². The Morgan fingerprint density at radius 2 is 0.942 bits per heavy atom. The van der Waals surface area contributed by atoms with Gasteiger partial charge in [0.1, 0.15) is 29.7 Å². The monoisotopic (exact) mass is 2070 g/mol. The minimum Gasteiger partial charge on any atom is -0.369 e. The van der Waals surface area contributed by atoms with Crippen molar-refractivity contribution in [1.82, 2.24) is 59.3 Å². The molecule has 0 aliphatic carbocycles. The molecule has 5 aliphatic rings. The lowest BCUT2D eigenvalue weighted by molar-refractivity contribution is -0.135. The summed E-state index contributed by atoms with van der Waals surface area (Å²) in [6, 6.07) is 55.6. The van der Waals surface area contributed by atoms with Gasteiger partial charge in [0.2, 0.25) is 28.8 Å². The van der Waals surface area contributed by atoms with E-state index in [4.69, 9.17) is 46.4 Å². The third-order valence-electron chi connectivity index (χ3n) is 24.2. The normalized spacial score (nSPS) is 16.6. The Morgan fingerprint density at radius 3 is 1.45 bits per heavy atom. The summed E-state index contributed by atoms with van der Waals surface area (Å²) in [4.78, 5) is 84.8. The van der Waals surface area contributed by atoms with Gasteiger partial charge in [-0.1, -0.05) is 82.0 Å². The van der Waals surface area contributed by atoms with E-state index >= 15 is 0 Å². The van der Waals surface area contributed by atoms with E-state index in [-0.39, 0.29) is 86.9 Å². The Hall–Kier alpha value is -11.9. The fourth-order valence-corrected chi connectivity index (χ4v) is 24.1. The number of sulfonamides is 4. The number of hydrogen-bond donors (Lipinski definition) is 5. The number of carbonyl (C=O) groups is 4. The number of nitrogens with one attached hydrogen (secondary N) is 5. The number of amides is 4. The predicted molar refractivity (Wildman–Crippen MR) is 553 cm³/mol. The number of halogens is 4. The first-order valence-electron chi connectivity index (χ1n) is 43.7. The van der Waals surface area contributed by atoms with E-state index in [1.54, 1.807) is 118 Å². The number of thiazole rings is 2. The summed E-state index contributed by atoms with van der Waals surface area (Å²) in [7, 11) is -14.9. The second kappa shape index (κ2) is 43.4. The molecular weight excluding hydrogens is 1970 g/mol. The number of para-hydroxylation sites is 1. The molecule has 33 nitrogen and oxygen atoms in total. The predicted octanol–water partition coefficient (Wildman–Crippen LogP) is 16.5. The molecule has 0 saturated carbocycles. The van der Waals surface area contributed by atoms with E-state index in [0.29, 0.717) is 122 Å². The highest BCUT2D eigenvalue weighted by Gasteiger charge is 2.39. The number of benzene rings is 8. The van der Waals surface area contributed by atoms with Gasteiger partial charge in [0.05, 0.1) is 31.7 Å². The van der Waals surface area contributed by atoms with Gasteiger partial charge in [-0.05, 0) is 221 Å². The average Bonchev–Trinajstić information content (AvgIpc) is 1.67. The average molecular weight is 2080 g/mol. The Bertz CT molecular complexity index is 7070. The fourth-order valence-electron chi connectivity index (χ4n) is 16.9. The van der Waals surface area contributed by atoms with Crippen LogP contribution in [0.1, 0.15) is 58.5 Å². The van der Waals surface area contributed by atoms with Gasteiger partial charge in [-0.15, -0.1) is 32.9 Å². The number of fused-ring (bicyclic) bond motifs is 2. The van der Waals surface area contributed by atoms with Crippen molar-refractivity contribution in [1.29, 1.82) is 0 Å². The van der Waals surface area contributed by atoms with Crippen LogP contribution < -0.4 is 48.7 Å². The molecule has 5 N–H and O–H groups in total. The molecule has 8 aromatic carbocycles. The summed E-state index contributed by atoms with van der Waals surface area (Å²) in [5.41, 5.74) is 9.86. The van der Waals surface area contributed by atoms with Gasteiger partial charge < -0.3 is 48.8 Å². The van der Waals surface area contributed by atoms with Crippen LogP contribution in [-0.4, -0.2) is 222 Å². The molecule has 2 unspecified atom stereocenters. The topological polar surface area (TPSA) is 378 Å². The van der Waals surface area contributed by atoms with Gasteiger partial charge in [0.25, 0.3) is 40.1 Å². The lowest BCUT2D eigenvalue weighted by Gasteiger charge is -2.38. The number of nitrogens with zero attached hydrogens (tertiary/aromatic N) is 16. The highest BCUT2D eigenvalue weighted by atomic mass is 35.5. The molecule has 5 aliphatic heterocycles.